The minimum atomic E-state index is -1.21. The van der Waals surface area contributed by atoms with Crippen molar-refractivity contribution in [2.24, 2.45) is 0 Å². The van der Waals surface area contributed by atoms with Crippen LogP contribution in [0, 0.1) is 0 Å². The highest BCUT2D eigenvalue weighted by atomic mass is 16.3. The van der Waals surface area contributed by atoms with E-state index >= 15 is 0 Å². The van der Waals surface area contributed by atoms with Gasteiger partial charge in [0.05, 0.1) is 6.61 Å². The monoisotopic (exact) mass is 361 g/mol. The number of aliphatic hydroxyl groups excluding tert-OH is 1. The van der Waals surface area contributed by atoms with Gasteiger partial charge >= 0.3 is 6.03 Å². The molecular weight excluding hydrogens is 334 g/mol. The predicted molar refractivity (Wildman–Crippen MR) is 97.5 cm³/mol. The topological polar surface area (TPSA) is 89.9 Å². The summed E-state index contributed by atoms with van der Waals surface area (Å²) in [6.07, 6.45) is 0. The predicted octanol–water partition coefficient (Wildman–Crippen LogP) is 1.20. The largest absolute Gasteiger partial charge is 0.395 e. The van der Waals surface area contributed by atoms with Crippen molar-refractivity contribution in [1.82, 2.24) is 15.1 Å². The summed E-state index contributed by atoms with van der Waals surface area (Å²) in [5, 5.41) is 11.6. The molecule has 142 valence electrons. The number of nitrogens with one attached hydrogen (secondary N) is 1. The van der Waals surface area contributed by atoms with Gasteiger partial charge in [0.1, 0.15) is 12.1 Å². The van der Waals surface area contributed by atoms with Gasteiger partial charge in [-0.2, -0.15) is 0 Å². The maximum absolute atomic E-state index is 12.9. The van der Waals surface area contributed by atoms with Gasteiger partial charge in [0.2, 0.25) is 5.91 Å². The molecule has 0 radical (unpaired) electrons. The Morgan fingerprint density at radius 1 is 1.23 bits per heavy atom. The van der Waals surface area contributed by atoms with Gasteiger partial charge in [-0.05, 0) is 23.5 Å². The summed E-state index contributed by atoms with van der Waals surface area (Å²) < 4.78 is 0. The number of benzene rings is 1. The molecule has 0 aliphatic carbocycles. The Labute approximate surface area is 154 Å². The van der Waals surface area contributed by atoms with Crippen LogP contribution in [0.25, 0.3) is 0 Å². The highest BCUT2D eigenvalue weighted by Gasteiger charge is 2.49. The number of likely N-dealkylation sites (N-methyl/N-ethyl adjacent to an activating group) is 1. The number of carbonyl (C=O) groups excluding carboxylic acids is 3. The van der Waals surface area contributed by atoms with Crippen molar-refractivity contribution >= 4 is 17.8 Å². The minimum absolute atomic E-state index is 0.0158. The van der Waals surface area contributed by atoms with Crippen molar-refractivity contribution in [3.05, 3.63) is 35.4 Å². The number of hydrogen-bond donors (Lipinski definition) is 2. The molecule has 1 atom stereocenters. The molecular formula is C19H27N3O4. The average Bonchev–Trinajstić information content (AvgIpc) is 2.78. The third-order valence-corrected chi connectivity index (χ3v) is 4.76. The quantitative estimate of drug-likeness (QED) is 0.771. The van der Waals surface area contributed by atoms with Crippen LogP contribution in [0.1, 0.15) is 38.8 Å². The Hall–Kier alpha value is -2.41. The van der Waals surface area contributed by atoms with Crippen LogP contribution in [0.5, 0.6) is 0 Å². The number of amides is 4. The van der Waals surface area contributed by atoms with Gasteiger partial charge in [0, 0.05) is 13.6 Å². The molecule has 2 N–H and O–H groups in total. The molecule has 1 fully saturated rings. The number of hydrogen-bond acceptors (Lipinski definition) is 4. The molecule has 1 unspecified atom stereocenters. The van der Waals surface area contributed by atoms with Crippen LogP contribution in [-0.4, -0.2) is 59.5 Å². The van der Waals surface area contributed by atoms with E-state index in [1.54, 1.807) is 6.92 Å². The lowest BCUT2D eigenvalue weighted by Gasteiger charge is -2.25. The fourth-order valence-corrected chi connectivity index (χ4v) is 2.87. The van der Waals surface area contributed by atoms with E-state index in [1.165, 1.54) is 11.9 Å². The maximum Gasteiger partial charge on any atom is 0.325 e. The number of rotatable bonds is 5. The lowest BCUT2D eigenvalue weighted by Crippen LogP contribution is -2.44. The third-order valence-electron chi connectivity index (χ3n) is 4.76. The van der Waals surface area contributed by atoms with Gasteiger partial charge < -0.3 is 15.3 Å². The summed E-state index contributed by atoms with van der Waals surface area (Å²) in [5.74, 6) is -0.869. The highest BCUT2D eigenvalue weighted by Crippen LogP contribution is 2.31. The van der Waals surface area contributed by atoms with Gasteiger partial charge in [-0.3, -0.25) is 14.5 Å². The summed E-state index contributed by atoms with van der Waals surface area (Å²) >= 11 is 0. The average molecular weight is 361 g/mol. The van der Waals surface area contributed by atoms with Gasteiger partial charge in [-0.25, -0.2) is 4.79 Å². The van der Waals surface area contributed by atoms with Gasteiger partial charge in [0.15, 0.2) is 0 Å². The normalized spacial score (nSPS) is 20.3. The first-order chi connectivity index (χ1) is 12.0. The van der Waals surface area contributed by atoms with Crippen LogP contribution in [0.2, 0.25) is 0 Å². The number of urea groups is 1. The molecule has 0 spiro atoms. The molecule has 0 saturated carbocycles. The summed E-state index contributed by atoms with van der Waals surface area (Å²) in [4.78, 5) is 39.5. The second-order valence-corrected chi connectivity index (χ2v) is 7.81. The van der Waals surface area contributed by atoms with E-state index in [0.717, 1.165) is 10.5 Å². The van der Waals surface area contributed by atoms with Crippen LogP contribution < -0.4 is 5.32 Å². The number of nitrogens with zero attached hydrogens (tertiary/aromatic N) is 2. The molecule has 0 aromatic heterocycles. The summed E-state index contributed by atoms with van der Waals surface area (Å²) in [7, 11) is 1.52. The Morgan fingerprint density at radius 3 is 2.31 bits per heavy atom. The molecule has 2 rings (SSSR count). The van der Waals surface area contributed by atoms with E-state index in [-0.39, 0.29) is 25.1 Å². The molecule has 1 heterocycles. The zero-order valence-electron chi connectivity index (χ0n) is 16.0. The van der Waals surface area contributed by atoms with Crippen LogP contribution in [0.15, 0.2) is 24.3 Å². The van der Waals surface area contributed by atoms with Crippen LogP contribution >= 0.6 is 0 Å². The maximum atomic E-state index is 12.9. The standard InChI is InChI=1S/C19H27N3O4/c1-18(2,3)13-6-8-14(9-7-13)19(4)16(25)22(17(26)20-19)12-15(24)21(5)10-11-23/h6-9,23H,10-12H2,1-5H3,(H,20,26). The Morgan fingerprint density at radius 2 is 1.81 bits per heavy atom. The van der Waals surface area contributed by atoms with Gasteiger partial charge in [-0.15, -0.1) is 0 Å². The second kappa shape index (κ2) is 7.07. The van der Waals surface area contributed by atoms with Crippen molar-refractivity contribution < 1.29 is 19.5 Å². The lowest BCUT2D eigenvalue weighted by atomic mass is 9.84. The highest BCUT2D eigenvalue weighted by molar-refractivity contribution is 6.09. The van der Waals surface area contributed by atoms with Crippen molar-refractivity contribution in [3.8, 4) is 0 Å². The summed E-state index contributed by atoms with van der Waals surface area (Å²) in [6, 6.07) is 6.97. The van der Waals surface area contributed by atoms with Crippen LogP contribution in [-0.2, 0) is 20.5 Å². The fourth-order valence-electron chi connectivity index (χ4n) is 2.87. The molecule has 0 bridgehead atoms. The minimum Gasteiger partial charge on any atom is -0.395 e. The molecule has 7 heteroatoms. The van der Waals surface area contributed by atoms with E-state index < -0.39 is 23.4 Å². The van der Waals surface area contributed by atoms with Crippen molar-refractivity contribution in [3.63, 3.8) is 0 Å². The third kappa shape index (κ3) is 3.72. The second-order valence-electron chi connectivity index (χ2n) is 7.81. The lowest BCUT2D eigenvalue weighted by molar-refractivity contribution is -0.138. The van der Waals surface area contributed by atoms with E-state index in [2.05, 4.69) is 26.1 Å². The molecule has 1 aliphatic rings. The van der Waals surface area contributed by atoms with Gasteiger partial charge in [-0.1, -0.05) is 45.0 Å². The number of imide groups is 1. The van der Waals surface area contributed by atoms with Crippen LogP contribution in [0.4, 0.5) is 4.79 Å². The van der Waals surface area contributed by atoms with Crippen LogP contribution in [0.3, 0.4) is 0 Å². The number of carbonyl (C=O) groups is 3. The van der Waals surface area contributed by atoms with E-state index in [9.17, 15) is 14.4 Å². The zero-order valence-corrected chi connectivity index (χ0v) is 16.0. The fraction of sp³-hybridized carbons (Fsp3) is 0.526. The SMILES string of the molecule is CN(CCO)C(=O)CN1C(=O)NC(C)(c2ccc(C(C)(C)C)cc2)C1=O. The molecule has 1 aromatic rings. The number of aliphatic hydroxyl groups is 1. The molecule has 4 amide bonds. The molecule has 1 aromatic carbocycles. The molecule has 26 heavy (non-hydrogen) atoms. The molecule has 7 nitrogen and oxygen atoms in total. The summed E-state index contributed by atoms with van der Waals surface area (Å²) in [5.41, 5.74) is 0.573. The van der Waals surface area contributed by atoms with Crippen molar-refractivity contribution in [2.75, 3.05) is 26.7 Å². The molecule has 1 aliphatic heterocycles. The first kappa shape index (κ1) is 19.9. The molecule has 1 saturated heterocycles. The smallest absolute Gasteiger partial charge is 0.325 e. The Balaban J connectivity index is 2.22. The Kier molecular flexibility index (Phi) is 5.41. The van der Waals surface area contributed by atoms with Crippen molar-refractivity contribution in [1.29, 1.82) is 0 Å². The zero-order chi connectivity index (χ0) is 19.7. The van der Waals surface area contributed by atoms with Crippen molar-refractivity contribution in [2.45, 2.75) is 38.6 Å². The van der Waals surface area contributed by atoms with Gasteiger partial charge in [0.25, 0.3) is 5.91 Å². The van der Waals surface area contributed by atoms with E-state index in [0.29, 0.717) is 5.56 Å². The first-order valence-electron chi connectivity index (χ1n) is 8.60. The Bertz CT molecular complexity index is 708. The van der Waals surface area contributed by atoms with E-state index in [1.807, 2.05) is 24.3 Å². The summed E-state index contributed by atoms with van der Waals surface area (Å²) in [6.45, 7) is 7.56. The first-order valence-corrected chi connectivity index (χ1v) is 8.60. The van der Waals surface area contributed by atoms with E-state index in [4.69, 9.17) is 5.11 Å².